The lowest BCUT2D eigenvalue weighted by Crippen LogP contribution is -2.49. The summed E-state index contributed by atoms with van der Waals surface area (Å²) in [6.07, 6.45) is -0.338. The molecule has 0 aliphatic carbocycles. The number of aliphatic hydroxyl groups excluding tert-OH is 1. The number of benzene rings is 3. The molecule has 47 heavy (non-hydrogen) atoms. The smallest absolute Gasteiger partial charge is 0.271 e. The summed E-state index contributed by atoms with van der Waals surface area (Å²) in [5.74, 6) is -0.367. The molecule has 2 heterocycles. The van der Waals surface area contributed by atoms with Crippen molar-refractivity contribution in [3.63, 3.8) is 0 Å². The summed E-state index contributed by atoms with van der Waals surface area (Å²) in [5.41, 5.74) is 8.95. The van der Waals surface area contributed by atoms with E-state index in [2.05, 4.69) is 14.9 Å². The molecule has 0 spiro atoms. The lowest BCUT2D eigenvalue weighted by molar-refractivity contribution is 0.0341. The van der Waals surface area contributed by atoms with E-state index in [0.717, 1.165) is 16.9 Å². The number of hydrogen-bond acceptors (Lipinski definition) is 9. The number of likely N-dealkylation sites (N-methyl/N-ethyl adjacent to an activating group) is 1. The highest BCUT2D eigenvalue weighted by atomic mass is 32.2. The quantitative estimate of drug-likeness (QED) is 0.166. The molecule has 0 saturated heterocycles. The molecule has 2 amide bonds. The van der Waals surface area contributed by atoms with Crippen molar-refractivity contribution in [2.45, 2.75) is 36.7 Å². The van der Waals surface area contributed by atoms with E-state index in [1.807, 2.05) is 26.1 Å². The first-order chi connectivity index (χ1) is 22.4. The lowest BCUT2D eigenvalue weighted by atomic mass is 9.99. The van der Waals surface area contributed by atoms with Crippen LogP contribution in [0.1, 0.15) is 40.1 Å². The summed E-state index contributed by atoms with van der Waals surface area (Å²) in [5, 5.41) is 14.5. The molecule has 248 valence electrons. The molecule has 11 nitrogen and oxygen atoms in total. The number of nitrogens with one attached hydrogen (secondary N) is 2. The van der Waals surface area contributed by atoms with E-state index in [-0.39, 0.29) is 45.9 Å². The summed E-state index contributed by atoms with van der Waals surface area (Å²) in [6, 6.07) is 21.8. The number of aliphatic hydroxyl groups is 1. The SMILES string of the molecule is C[C@@H]1CN([C@@H](C)CO)C(=O)c2cc(NS(=O)(=O)c3cccs3)ccc2O[C@H]1CN(C)Cc1ccc(C(=O)Nc2ccccc2N)cc1. The highest BCUT2D eigenvalue weighted by molar-refractivity contribution is 7.94. The van der Waals surface area contributed by atoms with Gasteiger partial charge in [0, 0.05) is 36.8 Å². The molecule has 0 bridgehead atoms. The summed E-state index contributed by atoms with van der Waals surface area (Å²) in [6.45, 7) is 4.97. The van der Waals surface area contributed by atoms with Crippen LogP contribution in [0.15, 0.2) is 88.5 Å². The summed E-state index contributed by atoms with van der Waals surface area (Å²) in [4.78, 5) is 30.2. The number of carbonyl (C=O) groups excluding carboxylic acids is 2. The highest BCUT2D eigenvalue weighted by Gasteiger charge is 2.34. The van der Waals surface area contributed by atoms with Crippen molar-refractivity contribution in [3.05, 3.63) is 101 Å². The predicted octanol–water partition coefficient (Wildman–Crippen LogP) is 4.74. The van der Waals surface area contributed by atoms with Crippen LogP contribution in [0.4, 0.5) is 17.1 Å². The fourth-order valence-electron chi connectivity index (χ4n) is 5.38. The molecular formula is C34H39N5O6S2. The zero-order chi connectivity index (χ0) is 33.7. The Kier molecular flexibility index (Phi) is 10.5. The first-order valence-electron chi connectivity index (χ1n) is 15.2. The molecule has 1 aromatic heterocycles. The largest absolute Gasteiger partial charge is 0.488 e. The van der Waals surface area contributed by atoms with E-state index in [4.69, 9.17) is 10.5 Å². The predicted molar refractivity (Wildman–Crippen MR) is 184 cm³/mol. The number of para-hydroxylation sites is 2. The van der Waals surface area contributed by atoms with E-state index in [9.17, 15) is 23.1 Å². The van der Waals surface area contributed by atoms with Gasteiger partial charge < -0.3 is 25.8 Å². The van der Waals surface area contributed by atoms with Gasteiger partial charge in [-0.15, -0.1) is 11.3 Å². The van der Waals surface area contributed by atoms with Crippen molar-refractivity contribution in [2.24, 2.45) is 5.92 Å². The molecule has 0 fully saturated rings. The minimum absolute atomic E-state index is 0.1000. The minimum atomic E-state index is -3.82. The second-order valence-corrected chi connectivity index (χ2v) is 14.7. The van der Waals surface area contributed by atoms with Crippen molar-refractivity contribution in [3.8, 4) is 5.75 Å². The first kappa shape index (κ1) is 33.9. The number of anilines is 3. The van der Waals surface area contributed by atoms with Gasteiger partial charge in [0.1, 0.15) is 16.1 Å². The van der Waals surface area contributed by atoms with Gasteiger partial charge in [-0.05, 0) is 73.4 Å². The van der Waals surface area contributed by atoms with Gasteiger partial charge in [0.15, 0.2) is 0 Å². The molecule has 0 radical (unpaired) electrons. The Hall–Kier alpha value is -4.43. The number of rotatable bonds is 11. The number of sulfonamides is 1. The van der Waals surface area contributed by atoms with Crippen molar-refractivity contribution >= 4 is 50.2 Å². The second kappa shape index (κ2) is 14.6. The number of nitrogens with two attached hydrogens (primary N) is 1. The molecule has 4 aromatic rings. The Balaban J connectivity index is 1.31. The van der Waals surface area contributed by atoms with Crippen LogP contribution in [-0.4, -0.2) is 74.0 Å². The van der Waals surface area contributed by atoms with Gasteiger partial charge in [-0.25, -0.2) is 8.42 Å². The van der Waals surface area contributed by atoms with Crippen LogP contribution in [0.2, 0.25) is 0 Å². The van der Waals surface area contributed by atoms with Crippen molar-refractivity contribution in [2.75, 3.05) is 42.5 Å². The number of fused-ring (bicyclic) bond motifs is 1. The van der Waals surface area contributed by atoms with E-state index >= 15 is 0 Å². The molecule has 3 aromatic carbocycles. The van der Waals surface area contributed by atoms with Crippen LogP contribution in [0.5, 0.6) is 5.75 Å². The molecule has 1 aliphatic rings. The van der Waals surface area contributed by atoms with Crippen LogP contribution in [0.3, 0.4) is 0 Å². The highest BCUT2D eigenvalue weighted by Crippen LogP contribution is 2.32. The topological polar surface area (TPSA) is 154 Å². The fraction of sp³-hybridized carbons (Fsp3) is 0.294. The molecular weight excluding hydrogens is 639 g/mol. The van der Waals surface area contributed by atoms with Gasteiger partial charge in [-0.2, -0.15) is 0 Å². The van der Waals surface area contributed by atoms with Gasteiger partial charge in [0.2, 0.25) is 0 Å². The van der Waals surface area contributed by atoms with Gasteiger partial charge >= 0.3 is 0 Å². The van der Waals surface area contributed by atoms with Crippen LogP contribution >= 0.6 is 11.3 Å². The molecule has 5 rings (SSSR count). The van der Waals surface area contributed by atoms with E-state index in [1.54, 1.807) is 71.8 Å². The first-order valence-corrected chi connectivity index (χ1v) is 17.5. The maximum atomic E-state index is 13.8. The Morgan fingerprint density at radius 3 is 2.55 bits per heavy atom. The Morgan fingerprint density at radius 1 is 1.13 bits per heavy atom. The zero-order valence-electron chi connectivity index (χ0n) is 26.4. The van der Waals surface area contributed by atoms with Gasteiger partial charge in [-0.1, -0.05) is 37.3 Å². The summed E-state index contributed by atoms with van der Waals surface area (Å²) >= 11 is 1.10. The van der Waals surface area contributed by atoms with Crippen molar-refractivity contribution in [1.82, 2.24) is 9.80 Å². The molecule has 3 atom stereocenters. The number of thiophene rings is 1. The summed E-state index contributed by atoms with van der Waals surface area (Å²) < 4.78 is 34.9. The maximum absolute atomic E-state index is 13.8. The Morgan fingerprint density at radius 2 is 1.87 bits per heavy atom. The normalized spacial score (nSPS) is 17.3. The van der Waals surface area contributed by atoms with E-state index in [0.29, 0.717) is 42.3 Å². The average molecular weight is 678 g/mol. The maximum Gasteiger partial charge on any atom is 0.271 e. The molecule has 5 N–H and O–H groups in total. The average Bonchev–Trinajstić information content (AvgIpc) is 3.61. The standard InChI is InChI=1S/C34H39N5O6S2/c1-22-18-39(23(2)21-40)34(42)27-17-26(37-47(43,44)32-9-6-16-46-32)14-15-30(27)45-31(22)20-38(3)19-24-10-12-25(13-11-24)33(41)36-29-8-5-4-7-28(29)35/h4-17,22-23,31,37,40H,18-21,35H2,1-3H3,(H,36,41)/t22-,23+,31+/m1/s1. The zero-order valence-corrected chi connectivity index (χ0v) is 28.1. The van der Waals surface area contributed by atoms with E-state index < -0.39 is 16.1 Å². The molecule has 0 unspecified atom stereocenters. The Labute approximate surface area is 279 Å². The van der Waals surface area contributed by atoms with Crippen LogP contribution < -0.4 is 20.5 Å². The number of carbonyl (C=O) groups is 2. The fourth-order valence-corrected chi connectivity index (χ4v) is 7.42. The van der Waals surface area contributed by atoms with Crippen molar-refractivity contribution in [1.29, 1.82) is 0 Å². The van der Waals surface area contributed by atoms with Gasteiger partial charge in [-0.3, -0.25) is 19.2 Å². The third-order valence-electron chi connectivity index (χ3n) is 8.05. The van der Waals surface area contributed by atoms with E-state index in [1.165, 1.54) is 12.1 Å². The van der Waals surface area contributed by atoms with Gasteiger partial charge in [0.05, 0.1) is 29.6 Å². The van der Waals surface area contributed by atoms with Crippen LogP contribution in [-0.2, 0) is 16.6 Å². The van der Waals surface area contributed by atoms with Gasteiger partial charge in [0.25, 0.3) is 21.8 Å². The molecule has 0 saturated carbocycles. The number of nitrogens with zero attached hydrogens (tertiary/aromatic N) is 2. The molecule has 1 aliphatic heterocycles. The third-order valence-corrected chi connectivity index (χ3v) is 10.8. The van der Waals surface area contributed by atoms with Crippen LogP contribution in [0.25, 0.3) is 0 Å². The third kappa shape index (κ3) is 8.11. The number of nitrogen functional groups attached to an aromatic ring is 1. The second-order valence-electron chi connectivity index (χ2n) is 11.8. The number of amides is 2. The monoisotopic (exact) mass is 677 g/mol. The molecule has 13 heteroatoms. The summed E-state index contributed by atoms with van der Waals surface area (Å²) in [7, 11) is -1.86. The lowest BCUT2D eigenvalue weighted by Gasteiger charge is -2.38. The Bertz CT molecular complexity index is 1810. The van der Waals surface area contributed by atoms with Crippen LogP contribution in [0, 0.1) is 5.92 Å². The number of hydrogen-bond donors (Lipinski definition) is 4. The number of ether oxygens (including phenoxy) is 1. The van der Waals surface area contributed by atoms with Crippen molar-refractivity contribution < 1.29 is 27.9 Å². The minimum Gasteiger partial charge on any atom is -0.488 e.